The van der Waals surface area contributed by atoms with E-state index in [0.29, 0.717) is 6.42 Å². The zero-order chi connectivity index (χ0) is 13.3. The van der Waals surface area contributed by atoms with Gasteiger partial charge in [-0.1, -0.05) is 20.8 Å². The summed E-state index contributed by atoms with van der Waals surface area (Å²) >= 11 is 0. The minimum atomic E-state index is -2.94. The molecule has 1 rings (SSSR count). The second-order valence-electron chi connectivity index (χ2n) is 5.84. The Bertz CT molecular complexity index is 384. The van der Waals surface area contributed by atoms with Gasteiger partial charge in [0.2, 0.25) is 5.91 Å². The van der Waals surface area contributed by atoms with Crippen LogP contribution in [0.15, 0.2) is 0 Å². The highest BCUT2D eigenvalue weighted by Gasteiger charge is 2.30. The number of rotatable bonds is 3. The molecule has 0 aromatic carbocycles. The number of hydrogen-bond acceptors (Lipinski definition) is 4. The SMILES string of the molecule is CC(C)(C)C(N)CC(=O)NC1CCS(=O)(=O)C1. The van der Waals surface area contributed by atoms with Gasteiger partial charge in [-0.25, -0.2) is 8.42 Å². The van der Waals surface area contributed by atoms with Gasteiger partial charge in [0, 0.05) is 18.5 Å². The first-order chi connectivity index (χ1) is 7.60. The summed E-state index contributed by atoms with van der Waals surface area (Å²) in [6.07, 6.45) is 0.749. The maximum Gasteiger partial charge on any atom is 0.221 e. The highest BCUT2D eigenvalue weighted by atomic mass is 32.2. The second-order valence-corrected chi connectivity index (χ2v) is 8.07. The standard InChI is InChI=1S/C11H22N2O3S/c1-11(2,3)9(12)6-10(14)13-8-4-5-17(15,16)7-8/h8-9H,4-7,12H2,1-3H3,(H,13,14). The molecule has 0 aliphatic carbocycles. The lowest BCUT2D eigenvalue weighted by molar-refractivity contribution is -0.122. The zero-order valence-electron chi connectivity index (χ0n) is 10.7. The van der Waals surface area contributed by atoms with Crippen molar-refractivity contribution in [2.45, 2.75) is 45.7 Å². The number of nitrogens with two attached hydrogens (primary N) is 1. The Balaban J connectivity index is 2.41. The number of carbonyl (C=O) groups is 1. The molecule has 0 aromatic heterocycles. The summed E-state index contributed by atoms with van der Waals surface area (Å²) in [7, 11) is -2.94. The predicted molar refractivity (Wildman–Crippen MR) is 67.2 cm³/mol. The Hall–Kier alpha value is -0.620. The van der Waals surface area contributed by atoms with Crippen LogP contribution in [0.3, 0.4) is 0 Å². The fourth-order valence-corrected chi connectivity index (χ4v) is 3.37. The molecular weight excluding hydrogens is 240 g/mol. The summed E-state index contributed by atoms with van der Waals surface area (Å²) in [5.41, 5.74) is 5.77. The minimum absolute atomic E-state index is 0.0590. The van der Waals surface area contributed by atoms with Crippen molar-refractivity contribution >= 4 is 15.7 Å². The molecule has 0 radical (unpaired) electrons. The van der Waals surface area contributed by atoms with Crippen LogP contribution in [0.25, 0.3) is 0 Å². The number of nitrogens with one attached hydrogen (secondary N) is 1. The molecule has 0 spiro atoms. The summed E-state index contributed by atoms with van der Waals surface area (Å²) in [6, 6.07) is -0.458. The van der Waals surface area contributed by atoms with Crippen molar-refractivity contribution in [3.8, 4) is 0 Å². The number of carbonyl (C=O) groups excluding carboxylic acids is 1. The largest absolute Gasteiger partial charge is 0.352 e. The summed E-state index contributed by atoms with van der Waals surface area (Å²) < 4.78 is 22.5. The van der Waals surface area contributed by atoms with E-state index in [4.69, 9.17) is 5.73 Å². The third kappa shape index (κ3) is 4.63. The summed E-state index contributed by atoms with van der Waals surface area (Å²) in [4.78, 5) is 11.7. The monoisotopic (exact) mass is 262 g/mol. The Morgan fingerprint density at radius 2 is 2.06 bits per heavy atom. The van der Waals surface area contributed by atoms with Crippen LogP contribution < -0.4 is 11.1 Å². The molecule has 0 aromatic rings. The lowest BCUT2D eigenvalue weighted by Crippen LogP contribution is -2.43. The van der Waals surface area contributed by atoms with Crippen molar-refractivity contribution in [2.24, 2.45) is 11.1 Å². The molecule has 100 valence electrons. The van der Waals surface area contributed by atoms with Gasteiger partial charge in [0.1, 0.15) is 0 Å². The third-order valence-electron chi connectivity index (χ3n) is 3.12. The molecule has 5 nitrogen and oxygen atoms in total. The Kier molecular flexibility index (Phi) is 4.19. The molecule has 2 unspecified atom stereocenters. The van der Waals surface area contributed by atoms with Gasteiger partial charge in [-0.05, 0) is 11.8 Å². The van der Waals surface area contributed by atoms with Crippen LogP contribution in [0.2, 0.25) is 0 Å². The maximum absolute atomic E-state index is 11.7. The van der Waals surface area contributed by atoms with Gasteiger partial charge in [-0.3, -0.25) is 4.79 Å². The van der Waals surface area contributed by atoms with Gasteiger partial charge in [0.05, 0.1) is 11.5 Å². The van der Waals surface area contributed by atoms with E-state index < -0.39 is 9.84 Å². The van der Waals surface area contributed by atoms with Crippen LogP contribution in [0.5, 0.6) is 0 Å². The molecule has 1 saturated heterocycles. The third-order valence-corrected chi connectivity index (χ3v) is 4.88. The predicted octanol–water partition coefficient (Wildman–Crippen LogP) is 0.0532. The molecule has 0 bridgehead atoms. The van der Waals surface area contributed by atoms with Crippen LogP contribution in [0.1, 0.15) is 33.6 Å². The summed E-state index contributed by atoms with van der Waals surface area (Å²) in [5.74, 6) is 0.0711. The minimum Gasteiger partial charge on any atom is -0.352 e. The number of hydrogen-bond donors (Lipinski definition) is 2. The van der Waals surface area contributed by atoms with E-state index in [2.05, 4.69) is 5.32 Å². The normalized spacial score (nSPS) is 25.5. The molecule has 2 atom stereocenters. The Morgan fingerprint density at radius 3 is 2.47 bits per heavy atom. The van der Waals surface area contributed by atoms with Crippen LogP contribution in [0.4, 0.5) is 0 Å². The van der Waals surface area contributed by atoms with E-state index in [1.54, 1.807) is 0 Å². The molecule has 1 aliphatic heterocycles. The summed E-state index contributed by atoms with van der Waals surface area (Å²) in [6.45, 7) is 5.93. The smallest absolute Gasteiger partial charge is 0.221 e. The van der Waals surface area contributed by atoms with Crippen molar-refractivity contribution in [1.29, 1.82) is 0 Å². The van der Waals surface area contributed by atoms with Crippen molar-refractivity contribution in [2.75, 3.05) is 11.5 Å². The average molecular weight is 262 g/mol. The topological polar surface area (TPSA) is 89.3 Å². The molecule has 6 heteroatoms. The fraction of sp³-hybridized carbons (Fsp3) is 0.909. The van der Waals surface area contributed by atoms with E-state index >= 15 is 0 Å². The maximum atomic E-state index is 11.7. The average Bonchev–Trinajstić information content (AvgIpc) is 2.43. The van der Waals surface area contributed by atoms with Crippen molar-refractivity contribution in [3.05, 3.63) is 0 Å². The van der Waals surface area contributed by atoms with Crippen molar-refractivity contribution < 1.29 is 13.2 Å². The molecule has 1 heterocycles. The van der Waals surface area contributed by atoms with E-state index in [0.717, 1.165) is 0 Å². The molecule has 17 heavy (non-hydrogen) atoms. The molecule has 0 saturated carbocycles. The molecule has 1 amide bonds. The van der Waals surface area contributed by atoms with E-state index in [1.807, 2.05) is 20.8 Å². The Morgan fingerprint density at radius 1 is 1.47 bits per heavy atom. The zero-order valence-corrected chi connectivity index (χ0v) is 11.5. The van der Waals surface area contributed by atoms with Crippen LogP contribution in [-0.2, 0) is 14.6 Å². The quantitative estimate of drug-likeness (QED) is 0.752. The first-order valence-corrected chi connectivity index (χ1v) is 7.68. The van der Waals surface area contributed by atoms with E-state index in [1.165, 1.54) is 0 Å². The van der Waals surface area contributed by atoms with E-state index in [9.17, 15) is 13.2 Å². The first kappa shape index (κ1) is 14.4. The molecular formula is C11H22N2O3S. The molecule has 1 aliphatic rings. The van der Waals surface area contributed by atoms with Crippen LogP contribution >= 0.6 is 0 Å². The lowest BCUT2D eigenvalue weighted by Gasteiger charge is -2.26. The Labute approximate surface area is 103 Å². The molecule has 3 N–H and O–H groups in total. The highest BCUT2D eigenvalue weighted by molar-refractivity contribution is 7.91. The van der Waals surface area contributed by atoms with Crippen molar-refractivity contribution in [3.63, 3.8) is 0 Å². The number of sulfone groups is 1. The van der Waals surface area contributed by atoms with Gasteiger partial charge >= 0.3 is 0 Å². The van der Waals surface area contributed by atoms with Crippen LogP contribution in [0, 0.1) is 5.41 Å². The first-order valence-electron chi connectivity index (χ1n) is 5.85. The highest BCUT2D eigenvalue weighted by Crippen LogP contribution is 2.20. The van der Waals surface area contributed by atoms with Crippen LogP contribution in [-0.4, -0.2) is 37.9 Å². The summed E-state index contributed by atoms with van der Waals surface area (Å²) in [5, 5.41) is 2.74. The van der Waals surface area contributed by atoms with Gasteiger partial charge < -0.3 is 11.1 Å². The van der Waals surface area contributed by atoms with Gasteiger partial charge in [0.25, 0.3) is 0 Å². The van der Waals surface area contributed by atoms with Gasteiger partial charge in [-0.15, -0.1) is 0 Å². The molecule has 1 fully saturated rings. The lowest BCUT2D eigenvalue weighted by atomic mass is 9.85. The fourth-order valence-electron chi connectivity index (χ4n) is 1.70. The van der Waals surface area contributed by atoms with Gasteiger partial charge in [0.15, 0.2) is 9.84 Å². The van der Waals surface area contributed by atoms with E-state index in [-0.39, 0.29) is 41.3 Å². The van der Waals surface area contributed by atoms with Gasteiger partial charge in [-0.2, -0.15) is 0 Å². The van der Waals surface area contributed by atoms with Crippen molar-refractivity contribution in [1.82, 2.24) is 5.32 Å². The number of amides is 1. The second kappa shape index (κ2) is 4.94.